The highest BCUT2D eigenvalue weighted by Gasteiger charge is 2.04. The van der Waals surface area contributed by atoms with Crippen molar-refractivity contribution in [3.05, 3.63) is 59.4 Å². The molecule has 2 N–H and O–H groups in total. The molecule has 0 bridgehead atoms. The van der Waals surface area contributed by atoms with Gasteiger partial charge < -0.3 is 10.4 Å². The molecule has 19 heavy (non-hydrogen) atoms. The van der Waals surface area contributed by atoms with Gasteiger partial charge in [0.25, 0.3) is 0 Å². The second kappa shape index (κ2) is 5.43. The minimum atomic E-state index is -1.10. The third-order valence-electron chi connectivity index (χ3n) is 2.46. The molecular formula is C13H10F2N2O2. The summed E-state index contributed by atoms with van der Waals surface area (Å²) in [7, 11) is 0. The van der Waals surface area contributed by atoms with Crippen LogP contribution in [-0.4, -0.2) is 16.1 Å². The smallest absolute Gasteiger partial charge is 0.354 e. The van der Waals surface area contributed by atoms with Crippen molar-refractivity contribution in [2.45, 2.75) is 6.54 Å². The molecule has 2 aromatic rings. The average molecular weight is 264 g/mol. The number of rotatable bonds is 4. The third kappa shape index (κ3) is 3.25. The molecular weight excluding hydrogens is 254 g/mol. The number of hydrogen-bond acceptors (Lipinski definition) is 3. The zero-order valence-corrected chi connectivity index (χ0v) is 9.73. The molecule has 0 atom stereocenters. The molecule has 98 valence electrons. The number of halogens is 2. The van der Waals surface area contributed by atoms with Crippen LogP contribution in [0.15, 0.2) is 36.5 Å². The summed E-state index contributed by atoms with van der Waals surface area (Å²) in [6.45, 7) is 0.283. The van der Waals surface area contributed by atoms with Gasteiger partial charge in [-0.2, -0.15) is 0 Å². The summed E-state index contributed by atoms with van der Waals surface area (Å²) in [4.78, 5) is 14.3. The Labute approximate surface area is 107 Å². The summed E-state index contributed by atoms with van der Waals surface area (Å²) in [6.07, 6.45) is 1.36. The monoisotopic (exact) mass is 264 g/mol. The molecule has 0 saturated carbocycles. The van der Waals surface area contributed by atoms with Crippen LogP contribution in [-0.2, 0) is 6.54 Å². The van der Waals surface area contributed by atoms with Crippen molar-refractivity contribution >= 4 is 11.7 Å². The summed E-state index contributed by atoms with van der Waals surface area (Å²) in [5, 5.41) is 11.6. The Morgan fingerprint density at radius 3 is 2.58 bits per heavy atom. The normalized spacial score (nSPS) is 10.2. The number of aromatic carboxylic acids is 1. The Morgan fingerprint density at radius 1 is 1.21 bits per heavy atom. The van der Waals surface area contributed by atoms with Gasteiger partial charge in [0.2, 0.25) is 0 Å². The van der Waals surface area contributed by atoms with Crippen molar-refractivity contribution < 1.29 is 18.7 Å². The lowest BCUT2D eigenvalue weighted by atomic mass is 10.2. The summed E-state index contributed by atoms with van der Waals surface area (Å²) in [5.74, 6) is -2.90. The Balaban J connectivity index is 2.01. The van der Waals surface area contributed by atoms with E-state index in [-0.39, 0.29) is 12.2 Å². The number of aromatic nitrogens is 1. The molecule has 0 spiro atoms. The SMILES string of the molecule is O=C(O)c1ccc(NCc2ccc(F)c(F)c2)cn1. The predicted molar refractivity (Wildman–Crippen MR) is 64.9 cm³/mol. The van der Waals surface area contributed by atoms with Gasteiger partial charge in [0, 0.05) is 6.54 Å². The minimum Gasteiger partial charge on any atom is -0.477 e. The van der Waals surface area contributed by atoms with E-state index in [0.717, 1.165) is 12.1 Å². The quantitative estimate of drug-likeness (QED) is 0.891. The lowest BCUT2D eigenvalue weighted by Gasteiger charge is -2.06. The lowest BCUT2D eigenvalue weighted by Crippen LogP contribution is -2.03. The molecule has 6 heteroatoms. The molecule has 0 unspecified atom stereocenters. The molecule has 0 aliphatic rings. The van der Waals surface area contributed by atoms with Gasteiger partial charge in [-0.05, 0) is 29.8 Å². The second-order valence-corrected chi connectivity index (χ2v) is 3.84. The van der Waals surface area contributed by atoms with E-state index in [1.54, 1.807) is 6.07 Å². The van der Waals surface area contributed by atoms with Crippen molar-refractivity contribution in [3.8, 4) is 0 Å². The highest BCUT2D eigenvalue weighted by atomic mass is 19.2. The molecule has 0 saturated heterocycles. The van der Waals surface area contributed by atoms with E-state index in [0.29, 0.717) is 11.3 Å². The fourth-order valence-electron chi connectivity index (χ4n) is 1.48. The number of carbonyl (C=O) groups is 1. The van der Waals surface area contributed by atoms with Gasteiger partial charge in [-0.15, -0.1) is 0 Å². The van der Waals surface area contributed by atoms with E-state index in [2.05, 4.69) is 10.3 Å². The highest BCUT2D eigenvalue weighted by molar-refractivity contribution is 5.85. The number of hydrogen-bond donors (Lipinski definition) is 2. The van der Waals surface area contributed by atoms with Crippen LogP contribution in [0.1, 0.15) is 16.1 Å². The molecule has 0 amide bonds. The van der Waals surface area contributed by atoms with Crippen molar-refractivity contribution in [1.29, 1.82) is 0 Å². The molecule has 0 radical (unpaired) electrons. The number of benzene rings is 1. The van der Waals surface area contributed by atoms with Crippen LogP contribution in [0.5, 0.6) is 0 Å². The summed E-state index contributed by atoms with van der Waals surface area (Å²) in [5.41, 5.74) is 1.11. The van der Waals surface area contributed by atoms with Crippen LogP contribution in [0, 0.1) is 11.6 Å². The number of pyridine rings is 1. The highest BCUT2D eigenvalue weighted by Crippen LogP contribution is 2.12. The van der Waals surface area contributed by atoms with Gasteiger partial charge in [0.05, 0.1) is 11.9 Å². The molecule has 0 aliphatic heterocycles. The Morgan fingerprint density at radius 2 is 2.00 bits per heavy atom. The zero-order valence-electron chi connectivity index (χ0n) is 9.73. The van der Waals surface area contributed by atoms with E-state index < -0.39 is 17.6 Å². The van der Waals surface area contributed by atoms with Crippen molar-refractivity contribution in [3.63, 3.8) is 0 Å². The first-order chi connectivity index (χ1) is 9.06. The number of anilines is 1. The van der Waals surface area contributed by atoms with E-state index in [1.165, 1.54) is 18.3 Å². The molecule has 0 fully saturated rings. The topological polar surface area (TPSA) is 62.2 Å². The Hall–Kier alpha value is -2.50. The maximum absolute atomic E-state index is 13.0. The minimum absolute atomic E-state index is 0.0571. The Kier molecular flexibility index (Phi) is 3.70. The van der Waals surface area contributed by atoms with Gasteiger partial charge in [0.15, 0.2) is 11.6 Å². The number of nitrogens with zero attached hydrogens (tertiary/aromatic N) is 1. The second-order valence-electron chi connectivity index (χ2n) is 3.84. The zero-order chi connectivity index (χ0) is 13.8. The maximum Gasteiger partial charge on any atom is 0.354 e. The van der Waals surface area contributed by atoms with Crippen molar-refractivity contribution in [1.82, 2.24) is 4.98 Å². The first-order valence-corrected chi connectivity index (χ1v) is 5.43. The number of carboxylic acids is 1. The summed E-state index contributed by atoms with van der Waals surface area (Å²) in [6, 6.07) is 6.52. The van der Waals surface area contributed by atoms with E-state index in [9.17, 15) is 13.6 Å². The van der Waals surface area contributed by atoms with Crippen LogP contribution >= 0.6 is 0 Å². The average Bonchev–Trinajstić information content (AvgIpc) is 2.40. The summed E-state index contributed by atoms with van der Waals surface area (Å²) < 4.78 is 25.7. The number of nitrogens with one attached hydrogen (secondary N) is 1. The fourth-order valence-corrected chi connectivity index (χ4v) is 1.48. The van der Waals surface area contributed by atoms with Crippen molar-refractivity contribution in [2.75, 3.05) is 5.32 Å². The van der Waals surface area contributed by atoms with E-state index in [4.69, 9.17) is 5.11 Å². The Bertz CT molecular complexity index is 600. The maximum atomic E-state index is 13.0. The first kappa shape index (κ1) is 12.9. The third-order valence-corrected chi connectivity index (χ3v) is 2.46. The van der Waals surface area contributed by atoms with Crippen LogP contribution < -0.4 is 5.32 Å². The van der Waals surface area contributed by atoms with E-state index >= 15 is 0 Å². The van der Waals surface area contributed by atoms with E-state index in [1.807, 2.05) is 0 Å². The van der Waals surface area contributed by atoms with Crippen LogP contribution in [0.25, 0.3) is 0 Å². The van der Waals surface area contributed by atoms with Gasteiger partial charge >= 0.3 is 5.97 Å². The molecule has 2 rings (SSSR count). The molecule has 0 aliphatic carbocycles. The molecule has 1 aromatic heterocycles. The standard InChI is InChI=1S/C13H10F2N2O2/c14-10-3-1-8(5-11(10)15)6-16-9-2-4-12(13(18)19)17-7-9/h1-5,7,16H,6H2,(H,18,19). The van der Waals surface area contributed by atoms with Gasteiger partial charge in [-0.3, -0.25) is 0 Å². The van der Waals surface area contributed by atoms with Crippen LogP contribution in [0.4, 0.5) is 14.5 Å². The van der Waals surface area contributed by atoms with Gasteiger partial charge in [-0.1, -0.05) is 6.07 Å². The number of carboxylic acid groups (broad SMARTS) is 1. The fraction of sp³-hybridized carbons (Fsp3) is 0.0769. The molecule has 1 heterocycles. The predicted octanol–water partition coefficient (Wildman–Crippen LogP) is 2.67. The van der Waals surface area contributed by atoms with Gasteiger partial charge in [-0.25, -0.2) is 18.6 Å². The lowest BCUT2D eigenvalue weighted by molar-refractivity contribution is 0.0690. The van der Waals surface area contributed by atoms with Gasteiger partial charge in [0.1, 0.15) is 5.69 Å². The van der Waals surface area contributed by atoms with Crippen molar-refractivity contribution in [2.24, 2.45) is 0 Å². The molecule has 4 nitrogen and oxygen atoms in total. The summed E-state index contributed by atoms with van der Waals surface area (Å²) >= 11 is 0. The largest absolute Gasteiger partial charge is 0.477 e. The first-order valence-electron chi connectivity index (χ1n) is 5.43. The van der Waals surface area contributed by atoms with Crippen LogP contribution in [0.3, 0.4) is 0 Å². The molecule has 1 aromatic carbocycles. The van der Waals surface area contributed by atoms with Crippen LogP contribution in [0.2, 0.25) is 0 Å².